The molecule has 0 aromatic rings. The van der Waals surface area contributed by atoms with Crippen molar-refractivity contribution in [2.75, 3.05) is 18.1 Å². The molecule has 9 heteroatoms. The number of hydrogen-bond donors (Lipinski definition) is 3. The lowest BCUT2D eigenvalue weighted by molar-refractivity contribution is -0.141. The average molecular weight is 306 g/mol. The summed E-state index contributed by atoms with van der Waals surface area (Å²) in [4.78, 5) is 24.1. The largest absolute Gasteiger partial charge is 0.480 e. The summed E-state index contributed by atoms with van der Waals surface area (Å²) in [5.74, 6) is -1.09. The van der Waals surface area contributed by atoms with Crippen molar-refractivity contribution in [3.05, 3.63) is 0 Å². The van der Waals surface area contributed by atoms with Crippen LogP contribution in [0.3, 0.4) is 0 Å². The van der Waals surface area contributed by atoms with Crippen LogP contribution in [0.4, 0.5) is 4.79 Å². The molecule has 2 aliphatic heterocycles. The first-order valence-electron chi connectivity index (χ1n) is 6.47. The lowest BCUT2D eigenvalue weighted by Gasteiger charge is -2.27. The van der Waals surface area contributed by atoms with E-state index in [1.807, 2.05) is 0 Å². The molecule has 0 radical (unpaired) electrons. The summed E-state index contributed by atoms with van der Waals surface area (Å²) in [6, 6.07) is -1.85. The van der Waals surface area contributed by atoms with Gasteiger partial charge in [-0.1, -0.05) is 0 Å². The van der Waals surface area contributed by atoms with Crippen LogP contribution in [0.2, 0.25) is 0 Å². The minimum Gasteiger partial charge on any atom is -0.480 e. The number of sulfone groups is 1. The molecular weight excluding hydrogens is 288 g/mol. The van der Waals surface area contributed by atoms with Gasteiger partial charge >= 0.3 is 12.0 Å². The minimum atomic E-state index is -3.00. The average Bonchev–Trinajstić information content (AvgIpc) is 2.74. The highest BCUT2D eigenvalue weighted by Gasteiger charge is 2.39. The molecule has 3 N–H and O–H groups in total. The predicted octanol–water partition coefficient (Wildman–Crippen LogP) is -1.21. The molecule has 114 valence electrons. The van der Waals surface area contributed by atoms with Crippen molar-refractivity contribution in [1.29, 1.82) is 0 Å². The lowest BCUT2D eigenvalue weighted by Crippen LogP contribution is -2.50. The van der Waals surface area contributed by atoms with E-state index in [0.717, 1.165) is 4.90 Å². The van der Waals surface area contributed by atoms with E-state index in [4.69, 9.17) is 5.11 Å². The molecule has 0 unspecified atom stereocenters. The van der Waals surface area contributed by atoms with Gasteiger partial charge in [0.15, 0.2) is 0 Å². The van der Waals surface area contributed by atoms with Crippen LogP contribution in [0.5, 0.6) is 0 Å². The molecule has 0 aliphatic carbocycles. The molecule has 20 heavy (non-hydrogen) atoms. The smallest absolute Gasteiger partial charge is 0.326 e. The first-order chi connectivity index (χ1) is 9.28. The van der Waals surface area contributed by atoms with Crippen LogP contribution in [0.1, 0.15) is 19.3 Å². The lowest BCUT2D eigenvalue weighted by atomic mass is 10.1. The topological polar surface area (TPSA) is 124 Å². The first-order valence-corrected chi connectivity index (χ1v) is 8.29. The van der Waals surface area contributed by atoms with Crippen molar-refractivity contribution < 1.29 is 28.2 Å². The second-order valence-corrected chi connectivity index (χ2v) is 7.58. The molecule has 0 spiro atoms. The number of carboxylic acid groups (broad SMARTS) is 1. The van der Waals surface area contributed by atoms with Crippen molar-refractivity contribution in [2.45, 2.75) is 37.5 Å². The van der Waals surface area contributed by atoms with Crippen LogP contribution in [0, 0.1) is 0 Å². The molecular formula is C11H18N2O6S. The van der Waals surface area contributed by atoms with E-state index < -0.39 is 34.0 Å². The van der Waals surface area contributed by atoms with Crippen molar-refractivity contribution in [3.63, 3.8) is 0 Å². The van der Waals surface area contributed by atoms with E-state index in [0.29, 0.717) is 12.8 Å². The van der Waals surface area contributed by atoms with Crippen LogP contribution < -0.4 is 5.32 Å². The van der Waals surface area contributed by atoms with Crippen LogP contribution in [-0.2, 0) is 14.6 Å². The Morgan fingerprint density at radius 1 is 1.20 bits per heavy atom. The molecule has 0 aromatic carbocycles. The molecule has 2 fully saturated rings. The number of amides is 2. The van der Waals surface area contributed by atoms with Crippen molar-refractivity contribution in [1.82, 2.24) is 10.2 Å². The molecule has 2 saturated heterocycles. The maximum atomic E-state index is 12.0. The molecule has 2 rings (SSSR count). The third kappa shape index (κ3) is 3.40. The second-order valence-electron chi connectivity index (χ2n) is 5.27. The maximum absolute atomic E-state index is 12.0. The minimum absolute atomic E-state index is 0.0157. The number of carbonyl (C=O) groups is 2. The van der Waals surface area contributed by atoms with Gasteiger partial charge in [-0.05, 0) is 12.8 Å². The van der Waals surface area contributed by atoms with E-state index in [9.17, 15) is 23.1 Å². The number of carboxylic acids is 1. The number of aliphatic carboxylic acids is 1. The van der Waals surface area contributed by atoms with Crippen molar-refractivity contribution in [2.24, 2.45) is 0 Å². The summed E-state index contributed by atoms with van der Waals surface area (Å²) < 4.78 is 22.6. The third-order valence-corrected chi connectivity index (χ3v) is 5.42. The zero-order valence-corrected chi connectivity index (χ0v) is 11.7. The van der Waals surface area contributed by atoms with Crippen molar-refractivity contribution >= 4 is 21.8 Å². The highest BCUT2D eigenvalue weighted by Crippen LogP contribution is 2.19. The van der Waals surface area contributed by atoms with Gasteiger partial charge in [-0.15, -0.1) is 0 Å². The summed E-state index contributed by atoms with van der Waals surface area (Å²) >= 11 is 0. The van der Waals surface area contributed by atoms with E-state index in [2.05, 4.69) is 5.32 Å². The van der Waals surface area contributed by atoms with Crippen LogP contribution in [0.25, 0.3) is 0 Å². The maximum Gasteiger partial charge on any atom is 0.326 e. The molecule has 0 saturated carbocycles. The number of hydrogen-bond acceptors (Lipinski definition) is 5. The first kappa shape index (κ1) is 15.0. The van der Waals surface area contributed by atoms with Gasteiger partial charge in [-0.25, -0.2) is 18.0 Å². The standard InChI is InChI=1S/C11H18N2O6S/c14-8-5-9(10(15)16)13(6-8)11(17)12-7-1-3-20(18,19)4-2-7/h7-9,14H,1-6H2,(H,12,17)(H,15,16)/t8-,9-/m0/s1. The Morgan fingerprint density at radius 3 is 2.35 bits per heavy atom. The van der Waals surface area contributed by atoms with E-state index in [1.54, 1.807) is 0 Å². The third-order valence-electron chi connectivity index (χ3n) is 3.71. The van der Waals surface area contributed by atoms with E-state index >= 15 is 0 Å². The molecule has 2 atom stereocenters. The fraction of sp³-hybridized carbons (Fsp3) is 0.818. The molecule has 2 heterocycles. The monoisotopic (exact) mass is 306 g/mol. The van der Waals surface area contributed by atoms with E-state index in [-0.39, 0.29) is 30.5 Å². The highest BCUT2D eigenvalue weighted by atomic mass is 32.2. The van der Waals surface area contributed by atoms with Crippen molar-refractivity contribution in [3.8, 4) is 0 Å². The number of β-amino-alcohol motifs (C(OH)–C–C–N with tert-alkyl or cyclic N) is 1. The summed E-state index contributed by atoms with van der Waals surface area (Å²) in [5, 5.41) is 21.1. The summed E-state index contributed by atoms with van der Waals surface area (Å²) in [7, 11) is -3.00. The molecule has 2 aliphatic rings. The number of likely N-dealkylation sites (tertiary alicyclic amines) is 1. The number of carbonyl (C=O) groups excluding carboxylic acids is 1. The normalized spacial score (nSPS) is 30.1. The Balaban J connectivity index is 1.93. The van der Waals surface area contributed by atoms with Crippen LogP contribution in [-0.4, -0.2) is 71.8 Å². The van der Waals surface area contributed by atoms with Gasteiger partial charge in [-0.3, -0.25) is 0 Å². The van der Waals surface area contributed by atoms with Gasteiger partial charge in [0.05, 0.1) is 17.6 Å². The van der Waals surface area contributed by atoms with Gasteiger partial charge in [0.2, 0.25) is 0 Å². The number of aliphatic hydroxyl groups is 1. The Hall–Kier alpha value is -1.35. The van der Waals surface area contributed by atoms with Crippen LogP contribution in [0.15, 0.2) is 0 Å². The number of rotatable bonds is 2. The Bertz CT molecular complexity index is 491. The number of nitrogens with one attached hydrogen (secondary N) is 1. The Labute approximate surface area is 116 Å². The number of nitrogens with zero attached hydrogens (tertiary/aromatic N) is 1. The number of urea groups is 1. The van der Waals surface area contributed by atoms with Gasteiger partial charge in [0, 0.05) is 19.0 Å². The quantitative estimate of drug-likeness (QED) is 0.588. The predicted molar refractivity (Wildman–Crippen MR) is 69.0 cm³/mol. The zero-order chi connectivity index (χ0) is 14.9. The van der Waals surface area contributed by atoms with Gasteiger partial charge in [0.1, 0.15) is 15.9 Å². The fourth-order valence-electron chi connectivity index (χ4n) is 2.56. The van der Waals surface area contributed by atoms with Gasteiger partial charge < -0.3 is 20.4 Å². The zero-order valence-electron chi connectivity index (χ0n) is 10.9. The molecule has 2 amide bonds. The summed E-state index contributed by atoms with van der Waals surface area (Å²) in [5.41, 5.74) is 0. The highest BCUT2D eigenvalue weighted by molar-refractivity contribution is 7.91. The molecule has 0 bridgehead atoms. The van der Waals surface area contributed by atoms with Gasteiger partial charge in [0.25, 0.3) is 0 Å². The number of aliphatic hydroxyl groups excluding tert-OH is 1. The van der Waals surface area contributed by atoms with Crippen LogP contribution >= 0.6 is 0 Å². The Morgan fingerprint density at radius 2 is 1.80 bits per heavy atom. The summed E-state index contributed by atoms with van der Waals surface area (Å²) in [6.07, 6.45) is -0.153. The summed E-state index contributed by atoms with van der Waals surface area (Å²) in [6.45, 7) is -0.0200. The SMILES string of the molecule is O=C(O)[C@@H]1C[C@H](O)CN1C(=O)NC1CCS(=O)(=O)CC1. The van der Waals surface area contributed by atoms with E-state index in [1.165, 1.54) is 0 Å². The fourth-order valence-corrected chi connectivity index (χ4v) is 4.06. The molecule has 8 nitrogen and oxygen atoms in total. The molecule has 0 aromatic heterocycles. The Kier molecular flexibility index (Phi) is 4.19. The second kappa shape index (κ2) is 5.57. The van der Waals surface area contributed by atoms with Gasteiger partial charge in [-0.2, -0.15) is 0 Å².